The van der Waals surface area contributed by atoms with E-state index in [9.17, 15) is 0 Å². The minimum Gasteiger partial charge on any atom is -0.222 e. The van der Waals surface area contributed by atoms with Crippen molar-refractivity contribution in [3.05, 3.63) is 190 Å². The molecule has 0 amide bonds. The Morgan fingerprint density at radius 1 is 0.308 bits per heavy atom. The monoisotopic (exact) mass is 1450 g/mol. The fourth-order valence-electron chi connectivity index (χ4n) is 3.75. The van der Waals surface area contributed by atoms with Crippen molar-refractivity contribution < 1.29 is 91.9 Å². The number of halogens is 14. The van der Waals surface area contributed by atoms with Crippen LogP contribution < -0.4 is 37.3 Å². The molecule has 0 spiro atoms. The van der Waals surface area contributed by atoms with Crippen LogP contribution in [0.3, 0.4) is 0 Å². The predicted molar refractivity (Wildman–Crippen MR) is 270 cm³/mol. The summed E-state index contributed by atoms with van der Waals surface area (Å²) in [6.45, 7) is 0. The van der Waals surface area contributed by atoms with Crippen molar-refractivity contribution in [2.24, 2.45) is 20.4 Å². The van der Waals surface area contributed by atoms with E-state index >= 15 is 0 Å². The van der Waals surface area contributed by atoms with Gasteiger partial charge in [-0.2, -0.15) is 20.4 Å². The van der Waals surface area contributed by atoms with Crippen LogP contribution in [0.5, 0.6) is 0 Å². The summed E-state index contributed by atoms with van der Waals surface area (Å²) in [6, 6.07) is 29.6. The molecule has 0 aliphatic rings. The summed E-state index contributed by atoms with van der Waals surface area (Å²) in [6.07, 6.45) is 19.0. The van der Waals surface area contributed by atoms with E-state index in [-0.39, 0.29) is 34.1 Å². The molecule has 8 rings (SSSR count). The first-order chi connectivity index (χ1) is 35.4. The zero-order valence-corrected chi connectivity index (χ0v) is 49.9. The molecule has 8 aromatic rings. The second-order valence-corrected chi connectivity index (χ2v) is 22.3. The molecule has 40 heteroatoms. The van der Waals surface area contributed by atoms with E-state index in [1.807, 2.05) is 97.1 Å². The van der Waals surface area contributed by atoms with Crippen molar-refractivity contribution in [3.63, 3.8) is 0 Å². The van der Waals surface area contributed by atoms with Gasteiger partial charge in [-0.3, -0.25) is 0 Å². The van der Waals surface area contributed by atoms with Gasteiger partial charge in [-0.05, 0) is 70.8 Å². The molecule has 4 aromatic heterocycles. The molecule has 0 bridgehead atoms. The minimum atomic E-state index is -4.94. The van der Waals surface area contributed by atoms with Crippen LogP contribution in [0.2, 0.25) is 20.1 Å². The van der Waals surface area contributed by atoms with Gasteiger partial charge in [0.1, 0.15) is 50.6 Å². The molecule has 0 aliphatic heterocycles. The van der Waals surface area contributed by atoms with Gasteiger partial charge in [0.2, 0.25) is 0 Å². The first-order valence-electron chi connectivity index (χ1n) is 18.7. The predicted octanol–water partition coefficient (Wildman–Crippen LogP) is 2.84. The van der Waals surface area contributed by atoms with E-state index in [1.54, 1.807) is 24.9 Å². The number of alkyl halides is 8. The fraction of sp³-hybridized carbons (Fsp3) is 0.0526. The van der Waals surface area contributed by atoms with Gasteiger partial charge in [0.25, 0.3) is 6.50 Å². The number of aromatic nitrogens is 12. The summed E-state index contributed by atoms with van der Waals surface area (Å²) in [7, 11) is -9.89. The van der Waals surface area contributed by atoms with Gasteiger partial charge in [0, 0.05) is 20.1 Å². The molecule has 0 radical (unpaired) electrons. The zero-order chi connectivity index (χ0) is 57.2. The summed E-state index contributed by atoms with van der Waals surface area (Å²) in [5.41, 5.74) is 3.90. The number of benzene rings is 4. The molecule has 4 heterocycles. The van der Waals surface area contributed by atoms with Gasteiger partial charge in [0.15, 0.2) is 0 Å². The first-order valence-corrected chi connectivity index (χ1v) is 25.7. The average Bonchev–Trinajstić information content (AvgIpc) is 4.17. The maximum Gasteiger partial charge on any atom is 1.00 e. The summed E-state index contributed by atoms with van der Waals surface area (Å²) in [4.78, 5) is 0. The van der Waals surface area contributed by atoms with Crippen molar-refractivity contribution in [3.8, 4) is 0 Å². The molecule has 0 saturated heterocycles. The quantitative estimate of drug-likeness (QED) is 0.120. The van der Waals surface area contributed by atoms with E-state index in [2.05, 4.69) is 61.2 Å². The van der Waals surface area contributed by atoms with Gasteiger partial charge in [-0.25, -0.2) is 56.0 Å². The molecular formula is C38H28Cl14Cu2N16O8. The maximum absolute atomic E-state index is 8.49. The van der Waals surface area contributed by atoms with E-state index in [0.29, 0.717) is 20.1 Å². The van der Waals surface area contributed by atoms with Crippen LogP contribution >= 0.6 is 139 Å². The first kappa shape index (κ1) is 77.0. The average molecular weight is 1460 g/mol. The molecular weight excluding hydrogens is 1430 g/mol. The molecule has 0 atom stereocenters. The number of rotatable bonds is 8. The molecule has 4 aromatic carbocycles. The van der Waals surface area contributed by atoms with E-state index in [0.717, 1.165) is 22.3 Å². The van der Waals surface area contributed by atoms with Crippen molar-refractivity contribution in [1.82, 2.24) is 59.5 Å². The van der Waals surface area contributed by atoms with Crippen LogP contribution in [-0.4, -0.2) is 90.9 Å². The molecule has 0 unspecified atom stereocenters. The zero-order valence-electron chi connectivity index (χ0n) is 37.5. The molecule has 0 N–H and O–H groups in total. The Balaban J connectivity index is 0. The third kappa shape index (κ3) is 52.3. The van der Waals surface area contributed by atoms with Crippen molar-refractivity contribution in [1.29, 1.82) is 0 Å². The van der Waals surface area contributed by atoms with Crippen molar-refractivity contribution in [2.75, 3.05) is 0 Å². The summed E-state index contributed by atoms with van der Waals surface area (Å²) >= 11 is 61.6. The van der Waals surface area contributed by atoms with Crippen LogP contribution in [0.1, 0.15) is 22.3 Å². The smallest absolute Gasteiger partial charge is 0.222 e. The minimum absolute atomic E-state index is 0. The van der Waals surface area contributed by atoms with Crippen molar-refractivity contribution in [2.45, 2.75) is 6.50 Å². The van der Waals surface area contributed by atoms with Crippen LogP contribution in [-0.2, 0) is 34.1 Å². The Morgan fingerprint density at radius 3 is 0.538 bits per heavy atom. The third-order valence-electron chi connectivity index (χ3n) is 6.47. The van der Waals surface area contributed by atoms with Gasteiger partial charge < -0.3 is 0 Å². The normalized spacial score (nSPS) is 10.9. The fourth-order valence-corrected chi connectivity index (χ4v) is 4.25. The Labute approximate surface area is 527 Å². The second-order valence-electron chi connectivity index (χ2n) is 12.2. The molecule has 24 nitrogen and oxygen atoms in total. The molecule has 428 valence electrons. The SMILES string of the molecule is ClC(Cl)(Cl)Cl.ClC(Cl)(Cl)Cl.Clc1ccc(/C=N/n2cnnc2)cc1.Clc1ccc(/C=N/n2cnnc2)cc1.Clc1ccc(/C=N/n2cnnc2)cc1.Clc1ccc(/C=N/n2cnnc2)cc1.[Cu+].[Cu+].[O-][Cl+3]([O-])([O-])[O-].[O-][Cl+3]([O-])([O-])[O-]. The van der Waals surface area contributed by atoms with E-state index in [1.165, 1.54) is 69.3 Å². The Hall–Kier alpha value is -3.10. The summed E-state index contributed by atoms with van der Waals surface area (Å²) < 4.78 is 70.8. The topological polar surface area (TPSA) is 357 Å². The maximum atomic E-state index is 8.49. The van der Waals surface area contributed by atoms with Gasteiger partial charge >= 0.3 is 34.1 Å². The van der Waals surface area contributed by atoms with E-state index < -0.39 is 27.0 Å². The van der Waals surface area contributed by atoms with Gasteiger partial charge in [0.05, 0.1) is 24.9 Å². The van der Waals surface area contributed by atoms with Crippen LogP contribution in [0.25, 0.3) is 0 Å². The van der Waals surface area contributed by atoms with Crippen molar-refractivity contribution >= 4 is 164 Å². The summed E-state index contributed by atoms with van der Waals surface area (Å²) in [5.74, 6) is 0. The number of nitrogens with zero attached hydrogens (tertiary/aromatic N) is 16. The number of hydrogen-bond acceptors (Lipinski definition) is 20. The second kappa shape index (κ2) is 41.8. The molecule has 0 fully saturated rings. The Kier molecular flexibility index (Phi) is 41.3. The standard InChI is InChI=1S/4C9H7ClN4.2CCl4.2ClHO4.2Cu/c4*10-9-3-1-8(2-4-9)5-13-14-6-11-12-7-14;4*2-1(3,4)5;;/h4*1-7H;;;2*(H,2,3,4,5);;/q;;;;;;;;2*+1/p-2/b4*13-5+;;;;;;. The Morgan fingerprint density at radius 2 is 0.423 bits per heavy atom. The molecule has 78 heavy (non-hydrogen) atoms. The number of hydrogen-bond donors (Lipinski definition) is 0. The van der Waals surface area contributed by atoms with Gasteiger partial charge in [-0.1, -0.05) is 188 Å². The van der Waals surface area contributed by atoms with Crippen LogP contribution in [0.4, 0.5) is 0 Å². The van der Waals surface area contributed by atoms with Crippen LogP contribution in [0.15, 0.2) is 168 Å². The molecule has 0 saturated carbocycles. The largest absolute Gasteiger partial charge is 1.00 e. The third-order valence-corrected chi connectivity index (χ3v) is 7.47. The molecule has 0 aliphatic carbocycles. The van der Waals surface area contributed by atoms with Gasteiger partial charge in [-0.15, -0.1) is 61.3 Å². The van der Waals surface area contributed by atoms with E-state index in [4.69, 9.17) is 176 Å². The summed E-state index contributed by atoms with van der Waals surface area (Å²) in [5, 5.41) is 48.2. The Bertz CT molecular complexity index is 2420. The van der Waals surface area contributed by atoms with Crippen LogP contribution in [0, 0.1) is 20.5 Å².